The fourth-order valence-electron chi connectivity index (χ4n) is 3.40. The molecule has 4 heterocycles. The third-order valence-electron chi connectivity index (χ3n) is 4.81. The predicted molar refractivity (Wildman–Crippen MR) is 121 cm³/mol. The molecule has 158 valence electrons. The molecule has 0 unspecified atom stereocenters. The zero-order valence-electron chi connectivity index (χ0n) is 16.9. The highest BCUT2D eigenvalue weighted by Crippen LogP contribution is 2.32. The molecule has 0 radical (unpaired) electrons. The number of hydrogen-bond donors (Lipinski definition) is 2. The molecular formula is C20H24N6O2S2. The summed E-state index contributed by atoms with van der Waals surface area (Å²) in [6.07, 6.45) is 6.35. The number of sulfonamides is 1. The van der Waals surface area contributed by atoms with Crippen LogP contribution in [0.15, 0.2) is 42.7 Å². The highest BCUT2D eigenvalue weighted by molar-refractivity contribution is 7.88. The summed E-state index contributed by atoms with van der Waals surface area (Å²) < 4.78 is 25.5. The summed E-state index contributed by atoms with van der Waals surface area (Å²) >= 11 is 1.59. The van der Waals surface area contributed by atoms with E-state index in [1.54, 1.807) is 17.5 Å². The van der Waals surface area contributed by atoms with E-state index in [1.807, 2.05) is 43.5 Å². The Morgan fingerprint density at radius 3 is 2.67 bits per heavy atom. The molecule has 0 spiro atoms. The van der Waals surface area contributed by atoms with Crippen molar-refractivity contribution in [2.45, 2.75) is 25.8 Å². The second-order valence-electron chi connectivity index (χ2n) is 7.41. The van der Waals surface area contributed by atoms with E-state index in [9.17, 15) is 8.42 Å². The molecule has 0 aromatic carbocycles. The average Bonchev–Trinajstić information content (AvgIpc) is 3.18. The summed E-state index contributed by atoms with van der Waals surface area (Å²) in [5.74, 6) is 1.49. The smallest absolute Gasteiger partial charge is 0.208 e. The van der Waals surface area contributed by atoms with Gasteiger partial charge in [0.25, 0.3) is 0 Å². The van der Waals surface area contributed by atoms with E-state index in [1.165, 1.54) is 6.26 Å². The predicted octanol–water partition coefficient (Wildman–Crippen LogP) is 3.17. The van der Waals surface area contributed by atoms with Gasteiger partial charge in [0.1, 0.15) is 11.6 Å². The molecule has 8 nitrogen and oxygen atoms in total. The van der Waals surface area contributed by atoms with Crippen molar-refractivity contribution >= 4 is 38.1 Å². The van der Waals surface area contributed by atoms with Crippen molar-refractivity contribution in [1.29, 1.82) is 0 Å². The van der Waals surface area contributed by atoms with E-state index < -0.39 is 10.0 Å². The fraction of sp³-hybridized carbons (Fsp3) is 0.350. The number of piperidine rings is 1. The Morgan fingerprint density at radius 2 is 1.93 bits per heavy atom. The molecule has 3 aromatic rings. The van der Waals surface area contributed by atoms with Crippen molar-refractivity contribution in [2.75, 3.05) is 29.6 Å². The maximum atomic E-state index is 11.4. The molecule has 0 bridgehead atoms. The lowest BCUT2D eigenvalue weighted by molar-refractivity contribution is 0.461. The number of aryl methyl sites for hydroxylation is 1. The molecule has 4 rings (SSSR count). The molecule has 1 aliphatic rings. The van der Waals surface area contributed by atoms with Crippen molar-refractivity contribution < 1.29 is 8.42 Å². The van der Waals surface area contributed by atoms with Crippen LogP contribution in [0.4, 0.5) is 16.8 Å². The second kappa shape index (κ2) is 8.66. The van der Waals surface area contributed by atoms with Gasteiger partial charge in [0.15, 0.2) is 5.13 Å². The Hall–Kier alpha value is -2.56. The van der Waals surface area contributed by atoms with Crippen LogP contribution in [-0.4, -0.2) is 48.8 Å². The van der Waals surface area contributed by atoms with E-state index >= 15 is 0 Å². The van der Waals surface area contributed by atoms with E-state index in [0.29, 0.717) is 0 Å². The van der Waals surface area contributed by atoms with Crippen LogP contribution in [0.5, 0.6) is 0 Å². The van der Waals surface area contributed by atoms with Gasteiger partial charge in [0.05, 0.1) is 16.8 Å². The summed E-state index contributed by atoms with van der Waals surface area (Å²) in [6, 6.07) is 9.76. The number of nitrogens with zero attached hydrogens (tertiary/aromatic N) is 4. The van der Waals surface area contributed by atoms with Crippen LogP contribution in [-0.2, 0) is 10.0 Å². The van der Waals surface area contributed by atoms with Gasteiger partial charge in [-0.2, -0.15) is 0 Å². The minimum absolute atomic E-state index is 0.00432. The first-order valence-corrected chi connectivity index (χ1v) is 12.4. The molecule has 30 heavy (non-hydrogen) atoms. The van der Waals surface area contributed by atoms with Crippen molar-refractivity contribution in [3.8, 4) is 10.6 Å². The number of pyridine rings is 2. The van der Waals surface area contributed by atoms with Crippen LogP contribution >= 0.6 is 11.3 Å². The van der Waals surface area contributed by atoms with Gasteiger partial charge >= 0.3 is 0 Å². The number of hydrogen-bond acceptors (Lipinski definition) is 8. The van der Waals surface area contributed by atoms with Gasteiger partial charge in [-0.15, -0.1) is 0 Å². The van der Waals surface area contributed by atoms with Gasteiger partial charge in [0, 0.05) is 31.5 Å². The summed E-state index contributed by atoms with van der Waals surface area (Å²) in [6.45, 7) is 3.57. The number of aromatic nitrogens is 3. The molecule has 3 aromatic heterocycles. The lowest BCUT2D eigenvalue weighted by Gasteiger charge is -2.31. The summed E-state index contributed by atoms with van der Waals surface area (Å²) in [5, 5.41) is 4.18. The molecule has 1 aliphatic heterocycles. The largest absolute Gasteiger partial charge is 0.348 e. The zero-order chi connectivity index (χ0) is 21.1. The number of thiazole rings is 1. The Kier molecular flexibility index (Phi) is 5.98. The summed E-state index contributed by atoms with van der Waals surface area (Å²) in [5.41, 5.74) is 1.98. The normalized spacial score (nSPS) is 15.3. The lowest BCUT2D eigenvalue weighted by Crippen LogP contribution is -2.44. The molecule has 0 amide bonds. The molecule has 10 heteroatoms. The van der Waals surface area contributed by atoms with E-state index in [4.69, 9.17) is 4.98 Å². The average molecular weight is 445 g/mol. The Balaban J connectivity index is 1.43. The minimum Gasteiger partial charge on any atom is -0.348 e. The third-order valence-corrected chi connectivity index (χ3v) is 6.65. The van der Waals surface area contributed by atoms with Crippen molar-refractivity contribution in [3.05, 3.63) is 48.3 Å². The molecule has 1 fully saturated rings. The second-order valence-corrected chi connectivity index (χ2v) is 10.2. The van der Waals surface area contributed by atoms with Gasteiger partial charge < -0.3 is 10.2 Å². The highest BCUT2D eigenvalue weighted by atomic mass is 32.2. The van der Waals surface area contributed by atoms with Gasteiger partial charge in [-0.1, -0.05) is 17.4 Å². The first-order valence-electron chi connectivity index (χ1n) is 9.71. The molecule has 1 saturated heterocycles. The Morgan fingerprint density at radius 1 is 1.13 bits per heavy atom. The summed E-state index contributed by atoms with van der Waals surface area (Å²) in [4.78, 5) is 16.8. The van der Waals surface area contributed by atoms with Crippen LogP contribution in [0.2, 0.25) is 0 Å². The van der Waals surface area contributed by atoms with Gasteiger partial charge in [-0.25, -0.2) is 28.1 Å². The Labute approximate surface area is 180 Å². The SMILES string of the molecule is Cc1ccnc(Nc2cccc(-c3cnc(N4CCC(NS(C)(=O)=O)CC4)s3)n2)c1. The lowest BCUT2D eigenvalue weighted by atomic mass is 10.1. The van der Waals surface area contributed by atoms with Crippen LogP contribution < -0.4 is 14.9 Å². The first kappa shape index (κ1) is 20.7. The highest BCUT2D eigenvalue weighted by Gasteiger charge is 2.23. The third kappa shape index (κ3) is 5.32. The number of rotatable bonds is 6. The maximum Gasteiger partial charge on any atom is 0.208 e. The molecular weight excluding hydrogens is 420 g/mol. The Bertz CT molecular complexity index is 1120. The zero-order valence-corrected chi connectivity index (χ0v) is 18.5. The topological polar surface area (TPSA) is 100 Å². The van der Waals surface area contributed by atoms with Crippen LogP contribution in [0.1, 0.15) is 18.4 Å². The van der Waals surface area contributed by atoms with Gasteiger partial charge in [-0.05, 0) is 49.6 Å². The molecule has 0 saturated carbocycles. The van der Waals surface area contributed by atoms with Crippen molar-refractivity contribution in [1.82, 2.24) is 19.7 Å². The first-order chi connectivity index (χ1) is 14.4. The van der Waals surface area contributed by atoms with E-state index in [2.05, 4.69) is 24.9 Å². The molecule has 2 N–H and O–H groups in total. The van der Waals surface area contributed by atoms with Gasteiger partial charge in [0.2, 0.25) is 10.0 Å². The monoisotopic (exact) mass is 444 g/mol. The molecule has 0 atom stereocenters. The van der Waals surface area contributed by atoms with Gasteiger partial charge in [-0.3, -0.25) is 0 Å². The quantitative estimate of drug-likeness (QED) is 0.602. The van der Waals surface area contributed by atoms with Crippen molar-refractivity contribution in [3.63, 3.8) is 0 Å². The molecule has 0 aliphatic carbocycles. The van der Waals surface area contributed by atoms with E-state index in [-0.39, 0.29) is 6.04 Å². The fourth-order valence-corrected chi connectivity index (χ4v) is 5.18. The van der Waals surface area contributed by atoms with Crippen LogP contribution in [0.3, 0.4) is 0 Å². The number of anilines is 3. The standard InChI is InChI=1S/C20H24N6O2S2/c1-14-6-9-21-19(12-14)24-18-5-3-4-16(23-18)17-13-22-20(29-17)26-10-7-15(8-11-26)25-30(2,27)28/h3-6,9,12-13,15,25H,7-8,10-11H2,1-2H3,(H,21,23,24). The van der Waals surface area contributed by atoms with E-state index in [0.717, 1.165) is 58.8 Å². The van der Waals surface area contributed by atoms with Crippen LogP contribution in [0, 0.1) is 6.92 Å². The maximum absolute atomic E-state index is 11.4. The van der Waals surface area contributed by atoms with Crippen LogP contribution in [0.25, 0.3) is 10.6 Å². The van der Waals surface area contributed by atoms with Crippen molar-refractivity contribution in [2.24, 2.45) is 0 Å². The minimum atomic E-state index is -3.17. The summed E-state index contributed by atoms with van der Waals surface area (Å²) in [7, 11) is -3.17. The number of nitrogens with one attached hydrogen (secondary N) is 2.